The van der Waals surface area contributed by atoms with Gasteiger partial charge in [-0.1, -0.05) is 276 Å². The highest BCUT2D eigenvalue weighted by Gasteiger charge is 2.25. The van der Waals surface area contributed by atoms with Gasteiger partial charge in [-0.2, -0.15) is 0 Å². The number of aliphatic hydroxyl groups excluding tert-OH is 1. The van der Waals surface area contributed by atoms with E-state index in [-0.39, 0.29) is 51.7 Å². The quantitative estimate of drug-likeness (QED) is 0.0283. The molecule has 0 radical (unpaired) electrons. The Kier molecular flexibility index (Phi) is 48.1. The predicted molar refractivity (Wildman–Crippen MR) is 485 cm³/mol. The molecule has 0 saturated carbocycles. The van der Waals surface area contributed by atoms with Gasteiger partial charge >= 0.3 is 5.97 Å². The maximum Gasteiger partial charge on any atom is 0.306 e. The van der Waals surface area contributed by atoms with Crippen LogP contribution in [0, 0.1) is 0 Å². The van der Waals surface area contributed by atoms with Crippen molar-refractivity contribution in [2.24, 2.45) is 0 Å². The Bertz CT molecular complexity index is 3710. The van der Waals surface area contributed by atoms with Gasteiger partial charge in [-0.15, -0.1) is 0 Å². The molecule has 4 bridgehead atoms. The lowest BCUT2D eigenvalue weighted by Crippen LogP contribution is -2.17. The van der Waals surface area contributed by atoms with E-state index in [2.05, 4.69) is 228 Å². The van der Waals surface area contributed by atoms with Crippen molar-refractivity contribution in [3.05, 3.63) is 246 Å². The molecule has 7 aromatic rings. The predicted octanol–water partition coefficient (Wildman–Crippen LogP) is 19.4. The van der Waals surface area contributed by atoms with E-state index in [1.54, 1.807) is 0 Å². The molecule has 0 spiro atoms. The number of hydrogen-bond acceptors (Lipinski definition) is 19. The zero-order valence-electron chi connectivity index (χ0n) is 77.7. The Balaban J connectivity index is 0.000000299. The minimum Gasteiger partial charge on any atom is -0.461 e. The van der Waals surface area contributed by atoms with Crippen LogP contribution in [0.2, 0.25) is 0 Å². The molecule has 0 amide bonds. The van der Waals surface area contributed by atoms with Crippen molar-refractivity contribution in [3.8, 4) is 0 Å². The van der Waals surface area contributed by atoms with Gasteiger partial charge in [0.15, 0.2) is 0 Å². The van der Waals surface area contributed by atoms with Crippen molar-refractivity contribution in [2.45, 2.75) is 236 Å². The zero-order valence-corrected chi connectivity index (χ0v) is 77.7. The molecule has 1 N–H and O–H groups in total. The monoisotopic (exact) mass is 1690 g/mol. The fourth-order valence-corrected chi connectivity index (χ4v) is 12.2. The molecule has 4 aliphatic rings. The van der Waals surface area contributed by atoms with Gasteiger partial charge in [0, 0.05) is 6.42 Å². The Morgan fingerprint density at radius 3 is 0.697 bits per heavy atom. The third-order valence-corrected chi connectivity index (χ3v) is 20.1. The maximum absolute atomic E-state index is 12.6. The molecule has 678 valence electrons. The van der Waals surface area contributed by atoms with Crippen LogP contribution in [0.25, 0.3) is 0 Å². The highest BCUT2D eigenvalue weighted by atomic mass is 16.6. The smallest absolute Gasteiger partial charge is 0.306 e. The van der Waals surface area contributed by atoms with E-state index in [9.17, 15) is 4.79 Å². The van der Waals surface area contributed by atoms with Crippen LogP contribution in [-0.4, -0.2) is 170 Å². The van der Waals surface area contributed by atoms with Gasteiger partial charge < -0.3 is 85.6 Å². The first-order chi connectivity index (χ1) is 58.2. The van der Waals surface area contributed by atoms with Crippen LogP contribution >= 0.6 is 0 Å². The normalized spacial score (nSPS) is 14.1. The number of aryl methyl sites for hydroxylation is 1. The molecule has 0 aromatic heterocycles. The third-order valence-electron chi connectivity index (χ3n) is 20.1. The zero-order chi connectivity index (χ0) is 88.5. The molecule has 19 heteroatoms. The summed E-state index contributed by atoms with van der Waals surface area (Å²) in [5.74, 6) is -0.186. The van der Waals surface area contributed by atoms with Gasteiger partial charge in [0.2, 0.25) is 0 Å². The molecule has 4 aliphatic heterocycles. The van der Waals surface area contributed by atoms with E-state index in [1.807, 2.05) is 48.5 Å². The van der Waals surface area contributed by atoms with Gasteiger partial charge in [-0.3, -0.25) is 4.79 Å². The SMILES string of the molecule is CC(C)(C)c1cc(CCC(=O)OCc2ccc(COCCOCCOCCOCCOCc3cc(C(C)(C)C)cc(C(C)(C)C)c3)cc2)cc(C(C)(C)C)c1.CC(C)(C)c1cc(COCCOCCOCCOCCOCc2ccc(CO)cc2)cc(C(C)(C)C)c1.c1cc2ccc1COCCOCCOCc1ccc(cc1)COCCOCCOC2. The Morgan fingerprint density at radius 1 is 0.254 bits per heavy atom. The molecular weight excluding hydrogens is 1540 g/mol. The average Bonchev–Trinajstić information content (AvgIpc) is 0.817. The number of ether oxygens (including phenoxy) is 17. The van der Waals surface area contributed by atoms with Gasteiger partial charge in [0.05, 0.1) is 218 Å². The molecule has 7 aromatic carbocycles. The second-order valence-corrected chi connectivity index (χ2v) is 37.2. The summed E-state index contributed by atoms with van der Waals surface area (Å²) in [4.78, 5) is 12.6. The molecule has 11 rings (SSSR count). The van der Waals surface area contributed by atoms with Crippen LogP contribution in [0.5, 0.6) is 0 Å². The first-order valence-electron chi connectivity index (χ1n) is 44.0. The summed E-state index contributed by atoms with van der Waals surface area (Å²) < 4.78 is 96.2. The summed E-state index contributed by atoms with van der Waals surface area (Å²) in [6, 6.07) is 52.7. The van der Waals surface area contributed by atoms with Gasteiger partial charge in [-0.25, -0.2) is 0 Å². The summed E-state index contributed by atoms with van der Waals surface area (Å²) in [5, 5.41) is 9.05. The molecule has 122 heavy (non-hydrogen) atoms. The number of carbonyl (C=O) groups is 1. The lowest BCUT2D eigenvalue weighted by molar-refractivity contribution is -0.144. The largest absolute Gasteiger partial charge is 0.461 e. The fraction of sp³-hybridized carbons (Fsp3) is 0.583. The molecule has 19 nitrogen and oxygen atoms in total. The number of carbonyl (C=O) groups excluding carboxylic acids is 1. The summed E-state index contributed by atoms with van der Waals surface area (Å²) in [6.45, 7) is 58.1. The molecule has 0 atom stereocenters. The lowest BCUT2D eigenvalue weighted by atomic mass is 9.79. The van der Waals surface area contributed by atoms with Crippen molar-refractivity contribution >= 4 is 5.97 Å². The van der Waals surface area contributed by atoms with Crippen LogP contribution in [0.15, 0.2) is 152 Å². The van der Waals surface area contributed by atoms with Crippen molar-refractivity contribution in [3.63, 3.8) is 0 Å². The Hall–Kier alpha value is -6.67. The van der Waals surface area contributed by atoms with Crippen molar-refractivity contribution < 1.29 is 90.4 Å². The van der Waals surface area contributed by atoms with E-state index in [0.717, 1.165) is 44.5 Å². The first-order valence-corrected chi connectivity index (χ1v) is 44.0. The lowest BCUT2D eigenvalue weighted by Gasteiger charge is -2.26. The second kappa shape index (κ2) is 56.4. The number of hydrogen-bond donors (Lipinski definition) is 1. The highest BCUT2D eigenvalue weighted by Crippen LogP contribution is 2.34. The van der Waals surface area contributed by atoms with E-state index in [0.29, 0.717) is 224 Å². The summed E-state index contributed by atoms with van der Waals surface area (Å²) in [5.41, 5.74) is 20.6. The fourth-order valence-electron chi connectivity index (χ4n) is 12.2. The van der Waals surface area contributed by atoms with Crippen molar-refractivity contribution in [1.29, 1.82) is 0 Å². The first kappa shape index (κ1) is 104. The Morgan fingerprint density at radius 2 is 0.459 bits per heavy atom. The standard InChI is InChI=1S/C48H72O7.C31H48O6.C24H32O6/c1-45(2,3)40-27-38(28-41(31-40)46(4,5)6)17-18-44(49)55-35-37-15-13-36(14-16-37)33-53-25-23-51-21-19-50-20-22-52-24-26-54-34-39-29-42(47(7,8)9)32-43(30-39)48(10,11)12;1-30(2,3)28-19-27(20-29(21-28)31(4,5)6)24-37-18-16-35-14-12-33-11-13-34-15-17-36-23-26-9-7-25(22-32)8-10-26;1-2-22-4-3-21(1)17-27-13-9-25-11-15-29-19-23-5-7-24(8-6-23)20-30-16-12-26-10-14-28-18-22/h13-16,27-32H,17-26,33-35H2,1-12H3;7-10,19-21,32H,11-18,22-24H2,1-6H3;1-8H,9-20H2. The number of aliphatic hydroxyl groups is 1. The number of benzene rings is 7. The van der Waals surface area contributed by atoms with Crippen molar-refractivity contribution in [2.75, 3.05) is 159 Å². The van der Waals surface area contributed by atoms with Crippen molar-refractivity contribution in [1.82, 2.24) is 0 Å². The summed E-state index contributed by atoms with van der Waals surface area (Å²) in [6.07, 6.45) is 1.02. The van der Waals surface area contributed by atoms with Crippen LogP contribution in [0.4, 0.5) is 0 Å². The minimum absolute atomic E-state index is 0.0457. The molecular formula is C103H152O19. The van der Waals surface area contributed by atoms with E-state index < -0.39 is 0 Å². The maximum atomic E-state index is 12.6. The minimum atomic E-state index is -0.186. The van der Waals surface area contributed by atoms with Crippen LogP contribution < -0.4 is 0 Å². The molecule has 0 saturated heterocycles. The van der Waals surface area contributed by atoms with E-state index >= 15 is 0 Å². The van der Waals surface area contributed by atoms with E-state index in [4.69, 9.17) is 85.6 Å². The van der Waals surface area contributed by atoms with Gasteiger partial charge in [0.1, 0.15) is 6.61 Å². The summed E-state index contributed by atoms with van der Waals surface area (Å²) >= 11 is 0. The highest BCUT2D eigenvalue weighted by molar-refractivity contribution is 5.69. The summed E-state index contributed by atoms with van der Waals surface area (Å²) in [7, 11) is 0. The third kappa shape index (κ3) is 45.5. The molecule has 0 fully saturated rings. The number of rotatable bonds is 38. The van der Waals surface area contributed by atoms with E-state index in [1.165, 1.54) is 50.1 Å². The van der Waals surface area contributed by atoms with Crippen LogP contribution in [0.3, 0.4) is 0 Å². The van der Waals surface area contributed by atoms with Gasteiger partial charge in [0.25, 0.3) is 0 Å². The second-order valence-electron chi connectivity index (χ2n) is 37.2. The van der Waals surface area contributed by atoms with Crippen LogP contribution in [-0.2, 0) is 190 Å². The number of esters is 1. The molecule has 0 aliphatic carbocycles. The topological polar surface area (TPSA) is 194 Å². The van der Waals surface area contributed by atoms with Gasteiger partial charge in [-0.05, 0) is 133 Å². The average molecular weight is 1690 g/mol. The van der Waals surface area contributed by atoms with Crippen LogP contribution in [0.1, 0.15) is 226 Å². The molecule has 0 unspecified atom stereocenters. The Labute approximate surface area is 733 Å². The molecule has 4 heterocycles.